The molecule has 3 N–H and O–H groups in total. The molecule has 2 aliphatic heterocycles. The van der Waals surface area contributed by atoms with Gasteiger partial charge in [-0.15, -0.1) is 0 Å². The minimum absolute atomic E-state index is 0.0119. The summed E-state index contributed by atoms with van der Waals surface area (Å²) in [6.07, 6.45) is 1.29. The summed E-state index contributed by atoms with van der Waals surface area (Å²) >= 11 is 0. The van der Waals surface area contributed by atoms with Gasteiger partial charge in [0.15, 0.2) is 5.78 Å². The average molecular weight is 501 g/mol. The number of benzene rings is 3. The van der Waals surface area contributed by atoms with Crippen LogP contribution in [0.3, 0.4) is 0 Å². The van der Waals surface area contributed by atoms with Crippen molar-refractivity contribution in [2.45, 2.75) is 37.3 Å². The molecule has 0 aliphatic carbocycles. The predicted molar refractivity (Wildman–Crippen MR) is 136 cm³/mol. The molecule has 0 aromatic heterocycles. The summed E-state index contributed by atoms with van der Waals surface area (Å²) in [5.74, 6) is -1.00. The number of carbonyl (C=O) groups excluding carboxylic acids is 3. The summed E-state index contributed by atoms with van der Waals surface area (Å²) < 4.78 is 11.8. The number of para-hydroxylation sites is 1. The maximum atomic E-state index is 14.3. The first kappa shape index (κ1) is 24.5. The van der Waals surface area contributed by atoms with Gasteiger partial charge in [-0.1, -0.05) is 36.4 Å². The number of carbonyl (C=O) groups is 3. The molecule has 0 bridgehead atoms. The number of hydrogen-bond acceptors (Lipinski definition) is 6. The summed E-state index contributed by atoms with van der Waals surface area (Å²) in [6, 6.07) is 19.9. The highest BCUT2D eigenvalue weighted by atomic mass is 16.5. The molecule has 2 amide bonds. The Bertz CT molecular complexity index is 1310. The highest BCUT2D eigenvalue weighted by molar-refractivity contribution is 5.99. The number of primary amides is 1. The van der Waals surface area contributed by atoms with Crippen LogP contribution in [0.25, 0.3) is 0 Å². The molecule has 0 radical (unpaired) electrons. The van der Waals surface area contributed by atoms with E-state index in [1.165, 1.54) is 0 Å². The standard InChI is InChI=1S/C29H28N2O6/c30-28(34)21-8-4-9-24(37-20-6-2-1-3-7-20)26(21)22(16-18-11-13-19(32)14-12-18)29(35)31-15-5-10-25-27(31)23(33)17-36-25/h1-4,6-9,11-14,22,25,27,32H,5,10,15-17H2,(H2,30,34). The van der Waals surface area contributed by atoms with Crippen molar-refractivity contribution >= 4 is 17.6 Å². The van der Waals surface area contributed by atoms with E-state index in [0.717, 1.165) is 5.56 Å². The lowest BCUT2D eigenvalue weighted by Gasteiger charge is -2.38. The van der Waals surface area contributed by atoms with Gasteiger partial charge in [0.1, 0.15) is 29.9 Å². The first-order valence-corrected chi connectivity index (χ1v) is 12.3. The first-order valence-electron chi connectivity index (χ1n) is 12.3. The highest BCUT2D eigenvalue weighted by Crippen LogP contribution is 2.38. The van der Waals surface area contributed by atoms with Crippen molar-refractivity contribution in [3.63, 3.8) is 0 Å². The number of phenolic OH excluding ortho intramolecular Hbond substituents is 1. The number of hydrogen-bond donors (Lipinski definition) is 2. The second-order valence-corrected chi connectivity index (χ2v) is 9.35. The molecular formula is C29H28N2O6. The Balaban J connectivity index is 1.62. The molecule has 3 atom stereocenters. The van der Waals surface area contributed by atoms with Crippen molar-refractivity contribution < 1.29 is 29.0 Å². The number of nitrogens with two attached hydrogens (primary N) is 1. The summed E-state index contributed by atoms with van der Waals surface area (Å²) in [7, 11) is 0. The maximum Gasteiger partial charge on any atom is 0.249 e. The number of ketones is 1. The molecule has 2 fully saturated rings. The van der Waals surface area contributed by atoms with Gasteiger partial charge in [-0.2, -0.15) is 0 Å². The van der Waals surface area contributed by atoms with E-state index in [0.29, 0.717) is 36.4 Å². The van der Waals surface area contributed by atoms with E-state index >= 15 is 0 Å². The molecule has 190 valence electrons. The van der Waals surface area contributed by atoms with Gasteiger partial charge in [0.05, 0.1) is 12.0 Å². The van der Waals surface area contributed by atoms with Crippen LogP contribution in [-0.4, -0.2) is 52.9 Å². The van der Waals surface area contributed by atoms with Gasteiger partial charge < -0.3 is 25.2 Å². The van der Waals surface area contributed by atoms with Crippen molar-refractivity contribution in [2.24, 2.45) is 5.73 Å². The van der Waals surface area contributed by atoms with E-state index < -0.39 is 17.9 Å². The number of aromatic hydroxyl groups is 1. The van der Waals surface area contributed by atoms with E-state index in [1.807, 2.05) is 18.2 Å². The molecule has 2 aliphatic rings. The van der Waals surface area contributed by atoms with Crippen LogP contribution in [0.2, 0.25) is 0 Å². The van der Waals surface area contributed by atoms with Gasteiger partial charge in [0, 0.05) is 17.7 Å². The second-order valence-electron chi connectivity index (χ2n) is 9.35. The van der Waals surface area contributed by atoms with Crippen LogP contribution >= 0.6 is 0 Å². The van der Waals surface area contributed by atoms with E-state index in [4.69, 9.17) is 15.2 Å². The van der Waals surface area contributed by atoms with Gasteiger partial charge >= 0.3 is 0 Å². The van der Waals surface area contributed by atoms with Crippen LogP contribution < -0.4 is 10.5 Å². The number of ether oxygens (including phenoxy) is 2. The molecule has 0 spiro atoms. The van der Waals surface area contributed by atoms with Gasteiger partial charge in [-0.05, 0) is 61.2 Å². The molecule has 37 heavy (non-hydrogen) atoms. The number of piperidine rings is 1. The Kier molecular flexibility index (Phi) is 6.92. The lowest BCUT2D eigenvalue weighted by molar-refractivity contribution is -0.142. The average Bonchev–Trinajstić information content (AvgIpc) is 3.29. The van der Waals surface area contributed by atoms with Crippen molar-refractivity contribution in [1.29, 1.82) is 0 Å². The molecule has 2 heterocycles. The number of amides is 2. The van der Waals surface area contributed by atoms with Crippen molar-refractivity contribution in [3.05, 3.63) is 89.5 Å². The Hall–Kier alpha value is -4.17. The summed E-state index contributed by atoms with van der Waals surface area (Å²) in [5.41, 5.74) is 7.10. The Morgan fingerprint density at radius 1 is 1.05 bits per heavy atom. The quantitative estimate of drug-likeness (QED) is 0.512. The highest BCUT2D eigenvalue weighted by Gasteiger charge is 2.46. The number of phenols is 1. The third kappa shape index (κ3) is 5.06. The summed E-state index contributed by atoms with van der Waals surface area (Å²) in [4.78, 5) is 41.2. The van der Waals surface area contributed by atoms with Crippen LogP contribution in [0.1, 0.15) is 40.2 Å². The van der Waals surface area contributed by atoms with Crippen molar-refractivity contribution in [3.8, 4) is 17.2 Å². The number of likely N-dealkylation sites (tertiary alicyclic amines) is 1. The molecule has 2 saturated heterocycles. The van der Waals surface area contributed by atoms with Crippen LogP contribution in [0.4, 0.5) is 0 Å². The minimum Gasteiger partial charge on any atom is -0.508 e. The lowest BCUT2D eigenvalue weighted by atomic mass is 9.85. The van der Waals surface area contributed by atoms with E-state index in [9.17, 15) is 19.5 Å². The zero-order chi connectivity index (χ0) is 25.9. The van der Waals surface area contributed by atoms with Crippen molar-refractivity contribution in [1.82, 2.24) is 4.90 Å². The summed E-state index contributed by atoms with van der Waals surface area (Å²) in [5, 5.41) is 9.77. The number of fused-ring (bicyclic) bond motifs is 1. The molecule has 5 rings (SSSR count). The number of nitrogens with zero attached hydrogens (tertiary/aromatic N) is 1. The van der Waals surface area contributed by atoms with Crippen LogP contribution in [0.15, 0.2) is 72.8 Å². The van der Waals surface area contributed by atoms with Crippen molar-refractivity contribution in [2.75, 3.05) is 13.2 Å². The fraction of sp³-hybridized carbons (Fsp3) is 0.276. The predicted octanol–water partition coefficient (Wildman–Crippen LogP) is 3.57. The smallest absolute Gasteiger partial charge is 0.249 e. The van der Waals surface area contributed by atoms with Gasteiger partial charge in [-0.25, -0.2) is 0 Å². The molecular weight excluding hydrogens is 472 g/mol. The Labute approximate surface area is 214 Å². The zero-order valence-corrected chi connectivity index (χ0v) is 20.2. The maximum absolute atomic E-state index is 14.3. The number of Topliss-reactive ketones (excluding diaryl/α,β-unsaturated/α-hetero) is 1. The van der Waals surface area contributed by atoms with E-state index in [-0.39, 0.29) is 42.1 Å². The monoisotopic (exact) mass is 500 g/mol. The fourth-order valence-electron chi connectivity index (χ4n) is 5.24. The molecule has 3 aromatic rings. The third-order valence-electron chi connectivity index (χ3n) is 6.95. The van der Waals surface area contributed by atoms with Gasteiger partial charge in [-0.3, -0.25) is 14.4 Å². The normalized spacial score (nSPS) is 19.8. The van der Waals surface area contributed by atoms with Gasteiger partial charge in [0.25, 0.3) is 0 Å². The largest absolute Gasteiger partial charge is 0.508 e. The Morgan fingerprint density at radius 3 is 2.54 bits per heavy atom. The van der Waals surface area contributed by atoms with Crippen LogP contribution in [0, 0.1) is 0 Å². The third-order valence-corrected chi connectivity index (χ3v) is 6.95. The minimum atomic E-state index is -0.876. The second kappa shape index (κ2) is 10.4. The topological polar surface area (TPSA) is 119 Å². The Morgan fingerprint density at radius 2 is 1.81 bits per heavy atom. The molecule has 3 aromatic carbocycles. The first-order chi connectivity index (χ1) is 17.9. The fourth-order valence-corrected chi connectivity index (χ4v) is 5.24. The SMILES string of the molecule is NC(=O)c1cccc(Oc2ccccc2)c1C(Cc1ccc(O)cc1)C(=O)N1CCCC2OCC(=O)C21. The molecule has 0 saturated carbocycles. The van der Waals surface area contributed by atoms with E-state index in [2.05, 4.69) is 0 Å². The molecule has 8 heteroatoms. The number of rotatable bonds is 7. The molecule has 8 nitrogen and oxygen atoms in total. The van der Waals surface area contributed by atoms with Crippen LogP contribution in [0.5, 0.6) is 17.2 Å². The summed E-state index contributed by atoms with van der Waals surface area (Å²) in [6.45, 7) is 0.400. The lowest BCUT2D eigenvalue weighted by Crippen LogP contribution is -2.53. The van der Waals surface area contributed by atoms with Crippen LogP contribution in [-0.2, 0) is 20.7 Å². The zero-order valence-electron chi connectivity index (χ0n) is 20.2. The van der Waals surface area contributed by atoms with Gasteiger partial charge in [0.2, 0.25) is 11.8 Å². The molecule has 3 unspecified atom stereocenters. The van der Waals surface area contributed by atoms with E-state index in [1.54, 1.807) is 59.5 Å².